The van der Waals surface area contributed by atoms with Gasteiger partial charge < -0.3 is 10.4 Å². The fourth-order valence-electron chi connectivity index (χ4n) is 3.62. The highest BCUT2D eigenvalue weighted by Gasteiger charge is 2.30. The van der Waals surface area contributed by atoms with Gasteiger partial charge in [0, 0.05) is 49.2 Å². The molecule has 3 rings (SSSR count). The van der Waals surface area contributed by atoms with Crippen molar-refractivity contribution in [1.29, 1.82) is 0 Å². The van der Waals surface area contributed by atoms with Gasteiger partial charge in [0.2, 0.25) is 0 Å². The Morgan fingerprint density at radius 2 is 2.04 bits per heavy atom. The van der Waals surface area contributed by atoms with Gasteiger partial charge in [-0.2, -0.15) is 0 Å². The van der Waals surface area contributed by atoms with E-state index in [9.17, 15) is 5.11 Å². The molecule has 2 heterocycles. The number of aliphatic hydroxyl groups excluding tert-OH is 1. The predicted molar refractivity (Wildman–Crippen MR) is 99.2 cm³/mol. The van der Waals surface area contributed by atoms with Gasteiger partial charge in [0.1, 0.15) is 5.82 Å². The van der Waals surface area contributed by atoms with Gasteiger partial charge in [-0.05, 0) is 32.8 Å². The highest BCUT2D eigenvalue weighted by atomic mass is 16.3. The second-order valence-corrected chi connectivity index (χ2v) is 7.05. The lowest BCUT2D eigenvalue weighted by Crippen LogP contribution is -2.38. The molecule has 0 saturated carbocycles. The van der Waals surface area contributed by atoms with Gasteiger partial charge >= 0.3 is 0 Å². The van der Waals surface area contributed by atoms with Crippen LogP contribution < -0.4 is 5.32 Å². The second-order valence-electron chi connectivity index (χ2n) is 7.05. The van der Waals surface area contributed by atoms with Crippen molar-refractivity contribution in [3.8, 4) is 0 Å². The van der Waals surface area contributed by atoms with Crippen molar-refractivity contribution >= 4 is 0 Å². The zero-order valence-electron chi connectivity index (χ0n) is 15.3. The van der Waals surface area contributed by atoms with Crippen LogP contribution in [0.15, 0.2) is 36.5 Å². The lowest BCUT2D eigenvalue weighted by molar-refractivity contribution is 0.172. The van der Waals surface area contributed by atoms with Crippen LogP contribution in [0.5, 0.6) is 0 Å². The van der Waals surface area contributed by atoms with E-state index in [4.69, 9.17) is 0 Å². The summed E-state index contributed by atoms with van der Waals surface area (Å²) in [4.78, 5) is 11.2. The van der Waals surface area contributed by atoms with E-state index in [1.165, 1.54) is 5.56 Å². The molecule has 2 aromatic rings. The van der Waals surface area contributed by atoms with Crippen LogP contribution in [0.3, 0.4) is 0 Å². The van der Waals surface area contributed by atoms with E-state index in [1.54, 1.807) is 0 Å². The fraction of sp³-hybridized carbons (Fsp3) is 0.500. The molecule has 5 nitrogen and oxygen atoms in total. The summed E-state index contributed by atoms with van der Waals surface area (Å²) < 4.78 is 0. The second kappa shape index (κ2) is 8.04. The SMILES string of the molecule is Cc1ncc(C(C)NCC2CC(O)CN2Cc2ccccc2)c(C)n1. The third-order valence-electron chi connectivity index (χ3n) is 5.00. The average molecular weight is 340 g/mol. The highest BCUT2D eigenvalue weighted by molar-refractivity contribution is 5.20. The topological polar surface area (TPSA) is 61.3 Å². The highest BCUT2D eigenvalue weighted by Crippen LogP contribution is 2.22. The third-order valence-corrected chi connectivity index (χ3v) is 5.00. The van der Waals surface area contributed by atoms with Crippen LogP contribution in [0.2, 0.25) is 0 Å². The number of aliphatic hydroxyl groups is 1. The van der Waals surface area contributed by atoms with E-state index < -0.39 is 0 Å². The Morgan fingerprint density at radius 3 is 2.76 bits per heavy atom. The van der Waals surface area contributed by atoms with Crippen molar-refractivity contribution in [2.75, 3.05) is 13.1 Å². The Labute approximate surface area is 150 Å². The van der Waals surface area contributed by atoms with Gasteiger partial charge in [-0.3, -0.25) is 4.90 Å². The Bertz CT molecular complexity index is 691. The van der Waals surface area contributed by atoms with E-state index in [-0.39, 0.29) is 12.1 Å². The molecule has 1 aliphatic rings. The van der Waals surface area contributed by atoms with Crippen molar-refractivity contribution < 1.29 is 5.11 Å². The van der Waals surface area contributed by atoms with Crippen LogP contribution in [0, 0.1) is 13.8 Å². The molecule has 1 fully saturated rings. The lowest BCUT2D eigenvalue weighted by atomic mass is 10.1. The minimum Gasteiger partial charge on any atom is -0.392 e. The van der Waals surface area contributed by atoms with Crippen molar-refractivity contribution in [2.24, 2.45) is 0 Å². The van der Waals surface area contributed by atoms with E-state index in [0.717, 1.165) is 43.1 Å². The molecule has 5 heteroatoms. The van der Waals surface area contributed by atoms with Gasteiger partial charge in [0.25, 0.3) is 0 Å². The van der Waals surface area contributed by atoms with Crippen LogP contribution in [0.25, 0.3) is 0 Å². The number of hydrogen-bond acceptors (Lipinski definition) is 5. The van der Waals surface area contributed by atoms with Crippen LogP contribution in [-0.4, -0.2) is 45.2 Å². The number of hydrogen-bond donors (Lipinski definition) is 2. The first-order chi connectivity index (χ1) is 12.0. The summed E-state index contributed by atoms with van der Waals surface area (Å²) in [5.74, 6) is 0.807. The molecule has 134 valence electrons. The first-order valence-electron chi connectivity index (χ1n) is 9.02. The molecule has 3 unspecified atom stereocenters. The molecule has 1 aromatic heterocycles. The zero-order valence-corrected chi connectivity index (χ0v) is 15.3. The molecule has 25 heavy (non-hydrogen) atoms. The van der Waals surface area contributed by atoms with Gasteiger partial charge in [0.05, 0.1) is 6.10 Å². The van der Waals surface area contributed by atoms with E-state index in [0.29, 0.717) is 6.04 Å². The molecule has 0 aliphatic carbocycles. The summed E-state index contributed by atoms with van der Waals surface area (Å²) in [6.07, 6.45) is 2.49. The number of nitrogens with zero attached hydrogens (tertiary/aromatic N) is 3. The van der Waals surface area contributed by atoms with Gasteiger partial charge in [-0.25, -0.2) is 9.97 Å². The zero-order chi connectivity index (χ0) is 17.8. The average Bonchev–Trinajstić information content (AvgIpc) is 2.93. The van der Waals surface area contributed by atoms with Gasteiger partial charge in [-0.1, -0.05) is 30.3 Å². The van der Waals surface area contributed by atoms with Crippen molar-refractivity contribution in [1.82, 2.24) is 20.2 Å². The van der Waals surface area contributed by atoms with Gasteiger partial charge in [0.15, 0.2) is 0 Å². The molecule has 0 spiro atoms. The standard InChI is InChI=1S/C20H28N4O/c1-14(20-11-22-16(3)23-15(20)2)21-10-18-9-19(25)13-24(18)12-17-7-5-4-6-8-17/h4-8,11,14,18-19,21,25H,9-10,12-13H2,1-3H3. The molecular weight excluding hydrogens is 312 g/mol. The Kier molecular flexibility index (Phi) is 5.78. The molecule has 2 N–H and O–H groups in total. The molecule has 1 aromatic carbocycles. The summed E-state index contributed by atoms with van der Waals surface area (Å²) in [7, 11) is 0. The van der Waals surface area contributed by atoms with Crippen LogP contribution in [-0.2, 0) is 6.54 Å². The molecule has 3 atom stereocenters. The largest absolute Gasteiger partial charge is 0.392 e. The quantitative estimate of drug-likeness (QED) is 0.845. The molecule has 0 amide bonds. The van der Waals surface area contributed by atoms with E-state index in [2.05, 4.69) is 51.4 Å². The summed E-state index contributed by atoms with van der Waals surface area (Å²) in [6.45, 7) is 8.55. The van der Waals surface area contributed by atoms with Crippen molar-refractivity contribution in [3.63, 3.8) is 0 Å². The minimum atomic E-state index is -0.240. The molecule has 0 bridgehead atoms. The number of rotatable bonds is 6. The maximum Gasteiger partial charge on any atom is 0.125 e. The number of aryl methyl sites for hydroxylation is 2. The smallest absolute Gasteiger partial charge is 0.125 e. The Hall–Kier alpha value is -1.82. The predicted octanol–water partition coefficient (Wildman–Crippen LogP) is 2.38. The molecule has 1 aliphatic heterocycles. The third kappa shape index (κ3) is 4.63. The lowest BCUT2D eigenvalue weighted by Gasteiger charge is -2.26. The summed E-state index contributed by atoms with van der Waals surface area (Å²) >= 11 is 0. The molecule has 1 saturated heterocycles. The monoisotopic (exact) mass is 340 g/mol. The van der Waals surface area contributed by atoms with Crippen LogP contribution >= 0.6 is 0 Å². The Morgan fingerprint density at radius 1 is 1.28 bits per heavy atom. The number of nitrogens with one attached hydrogen (secondary N) is 1. The number of aromatic nitrogens is 2. The Balaban J connectivity index is 1.60. The molecule has 0 radical (unpaired) electrons. The first kappa shape index (κ1) is 18.0. The van der Waals surface area contributed by atoms with E-state index in [1.807, 2.05) is 26.1 Å². The van der Waals surface area contributed by atoms with E-state index >= 15 is 0 Å². The van der Waals surface area contributed by atoms with Crippen molar-refractivity contribution in [3.05, 3.63) is 59.2 Å². The summed E-state index contributed by atoms with van der Waals surface area (Å²) in [6, 6.07) is 11.0. The molecular formula is C20H28N4O. The minimum absolute atomic E-state index is 0.192. The van der Waals surface area contributed by atoms with Gasteiger partial charge in [-0.15, -0.1) is 0 Å². The van der Waals surface area contributed by atoms with Crippen LogP contribution in [0.4, 0.5) is 0 Å². The number of likely N-dealkylation sites (tertiary alicyclic amines) is 1. The summed E-state index contributed by atoms with van der Waals surface area (Å²) in [5.41, 5.74) is 3.45. The fourth-order valence-corrected chi connectivity index (χ4v) is 3.62. The maximum atomic E-state index is 10.1. The first-order valence-corrected chi connectivity index (χ1v) is 9.02. The number of benzene rings is 1. The number of β-amino-alcohol motifs (C(OH)–C–C–N with tert-alkyl or cyclic N) is 1. The van der Waals surface area contributed by atoms with Crippen LogP contribution in [0.1, 0.15) is 42.0 Å². The normalized spacial score (nSPS) is 22.2. The maximum absolute atomic E-state index is 10.1. The summed E-state index contributed by atoms with van der Waals surface area (Å²) in [5, 5.41) is 13.7. The van der Waals surface area contributed by atoms with Crippen molar-refractivity contribution in [2.45, 2.75) is 51.9 Å².